The number of benzene rings is 1. The smallest absolute Gasteiger partial charge is 0.145 e. The maximum atomic E-state index is 5.55. The topological polar surface area (TPSA) is 47.0 Å². The molecule has 3 rings (SSSR count). The van der Waals surface area contributed by atoms with E-state index in [9.17, 15) is 0 Å². The van der Waals surface area contributed by atoms with Gasteiger partial charge in [-0.15, -0.1) is 0 Å². The van der Waals surface area contributed by atoms with E-state index in [1.807, 2.05) is 24.3 Å². The molecule has 1 aliphatic rings. The van der Waals surface area contributed by atoms with Gasteiger partial charge in [-0.1, -0.05) is 12.1 Å². The summed E-state index contributed by atoms with van der Waals surface area (Å²) >= 11 is 0. The summed E-state index contributed by atoms with van der Waals surface area (Å²) in [6, 6.07) is 7.88. The highest BCUT2D eigenvalue weighted by Gasteiger charge is 2.14. The van der Waals surface area contributed by atoms with Crippen LogP contribution in [0.5, 0.6) is 0 Å². The fourth-order valence-electron chi connectivity index (χ4n) is 2.07. The Hall–Kier alpha value is -1.68. The first-order chi connectivity index (χ1) is 8.42. The van der Waals surface area contributed by atoms with Crippen molar-refractivity contribution in [2.24, 2.45) is 0 Å². The molecule has 0 amide bonds. The molecule has 1 fully saturated rings. The predicted molar refractivity (Wildman–Crippen MR) is 67.0 cm³/mol. The van der Waals surface area contributed by atoms with E-state index in [0.29, 0.717) is 6.10 Å². The number of nitrogens with one attached hydrogen (secondary N) is 1. The van der Waals surface area contributed by atoms with Crippen LogP contribution in [0.3, 0.4) is 0 Å². The van der Waals surface area contributed by atoms with Gasteiger partial charge in [-0.25, -0.2) is 4.98 Å². The molecule has 0 bridgehead atoms. The number of para-hydroxylation sites is 2. The summed E-state index contributed by atoms with van der Waals surface area (Å²) in [5, 5.41) is 3.28. The van der Waals surface area contributed by atoms with Gasteiger partial charge in [0.2, 0.25) is 0 Å². The van der Waals surface area contributed by atoms with Crippen molar-refractivity contribution in [2.45, 2.75) is 18.9 Å². The average Bonchev–Trinajstić information content (AvgIpc) is 2.89. The van der Waals surface area contributed by atoms with Crippen molar-refractivity contribution < 1.29 is 4.74 Å². The lowest BCUT2D eigenvalue weighted by molar-refractivity contribution is 0.120. The van der Waals surface area contributed by atoms with Gasteiger partial charge in [-0.3, -0.25) is 4.98 Å². The van der Waals surface area contributed by atoms with Gasteiger partial charge in [0.25, 0.3) is 0 Å². The molecule has 1 aliphatic heterocycles. The molecule has 1 saturated heterocycles. The third kappa shape index (κ3) is 2.36. The molecule has 88 valence electrons. The van der Waals surface area contributed by atoms with E-state index in [1.165, 1.54) is 0 Å². The first-order valence-corrected chi connectivity index (χ1v) is 5.99. The molecule has 4 nitrogen and oxygen atoms in total. The van der Waals surface area contributed by atoms with Crippen molar-refractivity contribution in [3.8, 4) is 0 Å². The Morgan fingerprint density at radius 2 is 2.18 bits per heavy atom. The fraction of sp³-hybridized carbons (Fsp3) is 0.385. The number of hydrogen-bond donors (Lipinski definition) is 1. The van der Waals surface area contributed by atoms with Crippen LogP contribution in [0.15, 0.2) is 30.5 Å². The number of nitrogens with zero attached hydrogens (tertiary/aromatic N) is 2. The Morgan fingerprint density at radius 1 is 1.29 bits per heavy atom. The quantitative estimate of drug-likeness (QED) is 0.876. The van der Waals surface area contributed by atoms with Crippen molar-refractivity contribution in [3.05, 3.63) is 30.5 Å². The second-order valence-electron chi connectivity index (χ2n) is 4.26. The van der Waals surface area contributed by atoms with Crippen LogP contribution in [-0.4, -0.2) is 29.2 Å². The highest BCUT2D eigenvalue weighted by molar-refractivity contribution is 5.75. The van der Waals surface area contributed by atoms with E-state index in [2.05, 4.69) is 15.3 Å². The molecule has 1 atom stereocenters. The number of ether oxygens (including phenoxy) is 1. The van der Waals surface area contributed by atoms with Crippen LogP contribution < -0.4 is 5.32 Å². The molecule has 1 N–H and O–H groups in total. The Morgan fingerprint density at radius 3 is 3.00 bits per heavy atom. The highest BCUT2D eigenvalue weighted by Crippen LogP contribution is 2.14. The van der Waals surface area contributed by atoms with E-state index in [1.54, 1.807) is 6.20 Å². The van der Waals surface area contributed by atoms with Gasteiger partial charge in [0.1, 0.15) is 5.82 Å². The standard InChI is InChI=1S/C13H15N3O/c1-2-6-12-11(5-1)14-9-13(16-12)15-8-10-4-3-7-17-10/h1-2,5-6,9-10H,3-4,7-8H2,(H,15,16)/t10-/m0/s1. The second-order valence-corrected chi connectivity index (χ2v) is 4.26. The average molecular weight is 229 g/mol. The van der Waals surface area contributed by atoms with Gasteiger partial charge in [-0.2, -0.15) is 0 Å². The second kappa shape index (κ2) is 4.67. The molecule has 0 unspecified atom stereocenters. The van der Waals surface area contributed by atoms with Crippen molar-refractivity contribution in [1.29, 1.82) is 0 Å². The van der Waals surface area contributed by atoms with Crippen LogP contribution in [-0.2, 0) is 4.74 Å². The Kier molecular flexibility index (Phi) is 2.88. The summed E-state index contributed by atoms with van der Waals surface area (Å²) < 4.78 is 5.55. The summed E-state index contributed by atoms with van der Waals surface area (Å²) in [6.45, 7) is 1.70. The molecular formula is C13H15N3O. The third-order valence-corrected chi connectivity index (χ3v) is 2.98. The van der Waals surface area contributed by atoms with Crippen LogP contribution in [0.4, 0.5) is 5.82 Å². The number of fused-ring (bicyclic) bond motifs is 1. The molecule has 0 aliphatic carbocycles. The molecule has 1 aromatic carbocycles. The molecule has 17 heavy (non-hydrogen) atoms. The highest BCUT2D eigenvalue weighted by atomic mass is 16.5. The zero-order valence-electron chi connectivity index (χ0n) is 9.60. The van der Waals surface area contributed by atoms with Crippen molar-refractivity contribution in [1.82, 2.24) is 9.97 Å². The maximum Gasteiger partial charge on any atom is 0.145 e. The zero-order chi connectivity index (χ0) is 11.5. The van der Waals surface area contributed by atoms with Gasteiger partial charge >= 0.3 is 0 Å². The lowest BCUT2D eigenvalue weighted by Crippen LogP contribution is -2.19. The van der Waals surface area contributed by atoms with Gasteiger partial charge in [-0.05, 0) is 25.0 Å². The molecule has 2 heterocycles. The largest absolute Gasteiger partial charge is 0.376 e. The SMILES string of the molecule is c1ccc2nc(NC[C@@H]3CCCO3)cnc2c1. The molecule has 0 saturated carbocycles. The fourth-order valence-corrected chi connectivity index (χ4v) is 2.07. The number of anilines is 1. The molecule has 2 aromatic rings. The van der Waals surface area contributed by atoms with Crippen LogP contribution >= 0.6 is 0 Å². The normalized spacial score (nSPS) is 19.6. The number of aromatic nitrogens is 2. The number of rotatable bonds is 3. The van der Waals surface area contributed by atoms with E-state index >= 15 is 0 Å². The molecule has 0 radical (unpaired) electrons. The summed E-state index contributed by atoms with van der Waals surface area (Å²) in [7, 11) is 0. The molecular weight excluding hydrogens is 214 g/mol. The van der Waals surface area contributed by atoms with Crippen LogP contribution in [0.2, 0.25) is 0 Å². The minimum Gasteiger partial charge on any atom is -0.376 e. The predicted octanol–water partition coefficient (Wildman–Crippen LogP) is 2.22. The Labute approximate surface area is 100 Å². The van der Waals surface area contributed by atoms with Crippen LogP contribution in [0.25, 0.3) is 11.0 Å². The van der Waals surface area contributed by atoms with E-state index in [-0.39, 0.29) is 0 Å². The molecule has 4 heteroatoms. The lowest BCUT2D eigenvalue weighted by atomic mass is 10.2. The van der Waals surface area contributed by atoms with Crippen LogP contribution in [0, 0.1) is 0 Å². The number of hydrogen-bond acceptors (Lipinski definition) is 4. The van der Waals surface area contributed by atoms with Crippen LogP contribution in [0.1, 0.15) is 12.8 Å². The lowest BCUT2D eigenvalue weighted by Gasteiger charge is -2.11. The Balaban J connectivity index is 1.72. The Bertz CT molecular complexity index is 509. The maximum absolute atomic E-state index is 5.55. The minimum atomic E-state index is 0.322. The van der Waals surface area contributed by atoms with Crippen molar-refractivity contribution >= 4 is 16.9 Å². The minimum absolute atomic E-state index is 0.322. The van der Waals surface area contributed by atoms with Gasteiger partial charge < -0.3 is 10.1 Å². The van der Waals surface area contributed by atoms with E-state index in [4.69, 9.17) is 4.74 Å². The summed E-state index contributed by atoms with van der Waals surface area (Å²) in [6.07, 6.45) is 4.39. The van der Waals surface area contributed by atoms with Gasteiger partial charge in [0.15, 0.2) is 0 Å². The van der Waals surface area contributed by atoms with Crippen molar-refractivity contribution in [3.63, 3.8) is 0 Å². The van der Waals surface area contributed by atoms with Gasteiger partial charge in [0, 0.05) is 13.2 Å². The van der Waals surface area contributed by atoms with Gasteiger partial charge in [0.05, 0.1) is 23.3 Å². The first kappa shape index (κ1) is 10.5. The van der Waals surface area contributed by atoms with Crippen molar-refractivity contribution in [2.75, 3.05) is 18.5 Å². The summed E-state index contributed by atoms with van der Waals surface area (Å²) in [5.41, 5.74) is 1.85. The first-order valence-electron chi connectivity index (χ1n) is 5.99. The monoisotopic (exact) mass is 229 g/mol. The van der Waals surface area contributed by atoms with E-state index in [0.717, 1.165) is 42.8 Å². The summed E-state index contributed by atoms with van der Waals surface area (Å²) in [4.78, 5) is 8.87. The van der Waals surface area contributed by atoms with E-state index < -0.39 is 0 Å². The third-order valence-electron chi connectivity index (χ3n) is 2.98. The molecule has 1 aromatic heterocycles. The summed E-state index contributed by atoms with van der Waals surface area (Å²) in [5.74, 6) is 0.819. The zero-order valence-corrected chi connectivity index (χ0v) is 9.60. The molecule has 0 spiro atoms.